The second-order valence-electron chi connectivity index (χ2n) is 5.04. The normalized spacial score (nSPS) is 11.2. The van der Waals surface area contributed by atoms with Crippen LogP contribution in [-0.4, -0.2) is 20.4 Å². The maximum atomic E-state index is 12.7. The van der Waals surface area contributed by atoms with E-state index in [1.807, 2.05) is 19.9 Å². The van der Waals surface area contributed by atoms with Crippen LogP contribution in [0.25, 0.3) is 0 Å². The maximum Gasteiger partial charge on any atom is 0.289 e. The summed E-state index contributed by atoms with van der Waals surface area (Å²) in [6.07, 6.45) is 0. The van der Waals surface area contributed by atoms with Gasteiger partial charge in [-0.05, 0) is 43.2 Å². The molecule has 0 aromatic heterocycles. The molecule has 0 fully saturated rings. The molecule has 0 radical (unpaired) electrons. The van der Waals surface area contributed by atoms with Crippen molar-refractivity contribution < 1.29 is 13.3 Å². The highest BCUT2D eigenvalue weighted by molar-refractivity contribution is 7.93. The van der Waals surface area contributed by atoms with E-state index in [0.717, 1.165) is 15.4 Å². The second kappa shape index (κ2) is 5.76. The number of para-hydroxylation sites is 1. The third-order valence-electron chi connectivity index (χ3n) is 3.27. The number of nitro groups is 1. The molecule has 0 atom stereocenters. The fourth-order valence-electron chi connectivity index (χ4n) is 2.24. The van der Waals surface area contributed by atoms with Crippen LogP contribution in [0.1, 0.15) is 11.1 Å². The van der Waals surface area contributed by atoms with Gasteiger partial charge in [0, 0.05) is 13.1 Å². The van der Waals surface area contributed by atoms with Crippen LogP contribution >= 0.6 is 0 Å². The van der Waals surface area contributed by atoms with Crippen molar-refractivity contribution in [3.8, 4) is 0 Å². The molecule has 0 N–H and O–H groups in total. The number of aryl methyl sites for hydroxylation is 2. The Balaban J connectivity index is 2.57. The summed E-state index contributed by atoms with van der Waals surface area (Å²) in [5, 5.41) is 11.1. The summed E-state index contributed by atoms with van der Waals surface area (Å²) >= 11 is 0. The van der Waals surface area contributed by atoms with Crippen molar-refractivity contribution in [2.75, 3.05) is 11.4 Å². The molecule has 0 aliphatic rings. The lowest BCUT2D eigenvalue weighted by atomic mass is 10.1. The largest absolute Gasteiger partial charge is 0.289 e. The number of hydrogen-bond donors (Lipinski definition) is 0. The summed E-state index contributed by atoms with van der Waals surface area (Å²) in [4.78, 5) is 10.0. The number of benzene rings is 2. The van der Waals surface area contributed by atoms with Crippen LogP contribution < -0.4 is 4.31 Å². The lowest BCUT2D eigenvalue weighted by Crippen LogP contribution is -2.27. The second-order valence-corrected chi connectivity index (χ2v) is 6.98. The van der Waals surface area contributed by atoms with Crippen LogP contribution in [-0.2, 0) is 10.0 Å². The van der Waals surface area contributed by atoms with Crippen molar-refractivity contribution in [3.63, 3.8) is 0 Å². The fourth-order valence-corrected chi connectivity index (χ4v) is 3.58. The molecule has 2 aromatic carbocycles. The van der Waals surface area contributed by atoms with Crippen LogP contribution in [0.15, 0.2) is 47.4 Å². The number of rotatable bonds is 4. The number of nitrogens with zero attached hydrogens (tertiary/aromatic N) is 2. The van der Waals surface area contributed by atoms with Crippen molar-refractivity contribution in [2.24, 2.45) is 0 Å². The van der Waals surface area contributed by atoms with Crippen molar-refractivity contribution in [1.29, 1.82) is 0 Å². The number of anilines is 1. The van der Waals surface area contributed by atoms with Gasteiger partial charge in [-0.15, -0.1) is 0 Å². The Bertz CT molecular complexity index is 811. The van der Waals surface area contributed by atoms with Crippen molar-refractivity contribution in [2.45, 2.75) is 18.7 Å². The Morgan fingerprint density at radius 3 is 2.14 bits per heavy atom. The molecular weight excluding hydrogens is 304 g/mol. The van der Waals surface area contributed by atoms with Gasteiger partial charge in [-0.2, -0.15) is 0 Å². The van der Waals surface area contributed by atoms with E-state index in [9.17, 15) is 18.5 Å². The van der Waals surface area contributed by atoms with Crippen molar-refractivity contribution in [3.05, 3.63) is 63.7 Å². The predicted molar refractivity (Wildman–Crippen MR) is 84.6 cm³/mol. The fraction of sp³-hybridized carbons (Fsp3) is 0.200. The van der Waals surface area contributed by atoms with Gasteiger partial charge in [0.15, 0.2) is 4.90 Å². The van der Waals surface area contributed by atoms with Crippen molar-refractivity contribution in [1.82, 2.24) is 0 Å². The monoisotopic (exact) mass is 320 g/mol. The minimum atomic E-state index is -4.01. The van der Waals surface area contributed by atoms with Gasteiger partial charge >= 0.3 is 0 Å². The van der Waals surface area contributed by atoms with E-state index in [1.165, 1.54) is 31.3 Å². The molecule has 0 amide bonds. The zero-order chi connectivity index (χ0) is 16.5. The highest BCUT2D eigenvalue weighted by Crippen LogP contribution is 2.29. The van der Waals surface area contributed by atoms with Gasteiger partial charge in [-0.3, -0.25) is 14.4 Å². The highest BCUT2D eigenvalue weighted by Gasteiger charge is 2.29. The van der Waals surface area contributed by atoms with Gasteiger partial charge in [-0.25, -0.2) is 8.42 Å². The van der Waals surface area contributed by atoms with E-state index in [-0.39, 0.29) is 4.90 Å². The first kappa shape index (κ1) is 16.0. The first-order valence-corrected chi connectivity index (χ1v) is 7.98. The van der Waals surface area contributed by atoms with Gasteiger partial charge in [0.05, 0.1) is 10.6 Å². The molecular formula is C15H16N2O4S. The summed E-state index contributed by atoms with van der Waals surface area (Å²) in [7, 11) is -2.62. The van der Waals surface area contributed by atoms with Crippen LogP contribution in [0.3, 0.4) is 0 Å². The molecule has 0 aliphatic carbocycles. The third kappa shape index (κ3) is 2.94. The molecule has 2 aromatic rings. The average molecular weight is 320 g/mol. The molecule has 0 saturated carbocycles. The Hall–Kier alpha value is -2.41. The zero-order valence-electron chi connectivity index (χ0n) is 12.5. The molecule has 116 valence electrons. The van der Waals surface area contributed by atoms with Gasteiger partial charge in [-0.1, -0.05) is 18.2 Å². The summed E-state index contributed by atoms with van der Waals surface area (Å²) in [6, 6.07) is 10.7. The minimum absolute atomic E-state index is 0.318. The number of hydrogen-bond acceptors (Lipinski definition) is 4. The summed E-state index contributed by atoms with van der Waals surface area (Å²) in [5.41, 5.74) is 1.87. The Morgan fingerprint density at radius 2 is 1.59 bits per heavy atom. The topological polar surface area (TPSA) is 80.5 Å². The summed E-state index contributed by atoms with van der Waals surface area (Å²) < 4.78 is 26.5. The van der Waals surface area contributed by atoms with Crippen LogP contribution in [0.5, 0.6) is 0 Å². The van der Waals surface area contributed by atoms with Crippen LogP contribution in [0.4, 0.5) is 11.4 Å². The first-order chi connectivity index (χ1) is 10.2. The molecule has 0 aliphatic heterocycles. The van der Waals surface area contributed by atoms with E-state index >= 15 is 0 Å². The van der Waals surface area contributed by atoms with E-state index in [4.69, 9.17) is 0 Å². The molecule has 7 heteroatoms. The third-order valence-corrected chi connectivity index (χ3v) is 5.10. The van der Waals surface area contributed by atoms with Crippen LogP contribution in [0.2, 0.25) is 0 Å². The molecule has 6 nitrogen and oxygen atoms in total. The molecule has 0 saturated heterocycles. The molecule has 0 bridgehead atoms. The quantitative estimate of drug-likeness (QED) is 0.640. The lowest BCUT2D eigenvalue weighted by molar-refractivity contribution is -0.387. The number of nitro benzene ring substituents is 1. The molecule has 22 heavy (non-hydrogen) atoms. The van der Waals surface area contributed by atoms with E-state index < -0.39 is 20.6 Å². The average Bonchev–Trinajstić information content (AvgIpc) is 2.45. The Kier molecular flexibility index (Phi) is 4.18. The Labute approximate surface area is 129 Å². The number of sulfonamides is 1. The van der Waals surface area contributed by atoms with Gasteiger partial charge < -0.3 is 0 Å². The molecule has 0 unspecified atom stereocenters. The van der Waals surface area contributed by atoms with E-state index in [1.54, 1.807) is 12.1 Å². The van der Waals surface area contributed by atoms with E-state index in [2.05, 4.69) is 0 Å². The maximum absolute atomic E-state index is 12.7. The van der Waals surface area contributed by atoms with Crippen LogP contribution in [0, 0.1) is 24.0 Å². The highest BCUT2D eigenvalue weighted by atomic mass is 32.2. The lowest BCUT2D eigenvalue weighted by Gasteiger charge is -2.20. The van der Waals surface area contributed by atoms with Gasteiger partial charge in [0.25, 0.3) is 15.7 Å². The van der Waals surface area contributed by atoms with Crippen molar-refractivity contribution >= 4 is 21.4 Å². The summed E-state index contributed by atoms with van der Waals surface area (Å²) in [5.74, 6) is 0. The molecule has 0 heterocycles. The van der Waals surface area contributed by atoms with Gasteiger partial charge in [0.1, 0.15) is 0 Å². The summed E-state index contributed by atoms with van der Waals surface area (Å²) in [6.45, 7) is 3.73. The zero-order valence-corrected chi connectivity index (χ0v) is 13.3. The standard InChI is InChI=1S/C15H16N2O4S/c1-11-8-12(2)10-13(9-11)16(3)22(20,21)15-7-5-4-6-14(15)17(18)19/h4-10H,1-3H3. The Morgan fingerprint density at radius 1 is 1.05 bits per heavy atom. The predicted octanol–water partition coefficient (Wildman–Crippen LogP) is 3.04. The first-order valence-electron chi connectivity index (χ1n) is 6.54. The smallest absolute Gasteiger partial charge is 0.269 e. The SMILES string of the molecule is Cc1cc(C)cc(N(C)S(=O)(=O)c2ccccc2[N+](=O)[O-])c1. The van der Waals surface area contributed by atoms with Gasteiger partial charge in [0.2, 0.25) is 0 Å². The molecule has 2 rings (SSSR count). The van der Waals surface area contributed by atoms with E-state index in [0.29, 0.717) is 5.69 Å². The minimum Gasteiger partial charge on any atom is -0.269 e. The molecule has 0 spiro atoms.